The maximum atomic E-state index is 13.2. The Hall–Kier alpha value is -2.39. The van der Waals surface area contributed by atoms with Gasteiger partial charge in [0, 0.05) is 47.1 Å². The Morgan fingerprint density at radius 2 is 1.98 bits per heavy atom. The molecule has 216 valence electrons. The van der Waals surface area contributed by atoms with E-state index in [1.807, 2.05) is 31.2 Å². The minimum atomic E-state index is -2.18. The minimum absolute atomic E-state index is 0.121. The van der Waals surface area contributed by atoms with Gasteiger partial charge in [-0.15, -0.1) is 0 Å². The normalized spacial score (nSPS) is 30.8. The molecule has 1 aliphatic carbocycles. The second-order valence-corrected chi connectivity index (χ2v) is 13.0. The lowest BCUT2D eigenvalue weighted by Gasteiger charge is -2.43. The molecule has 0 spiro atoms. The van der Waals surface area contributed by atoms with Crippen LogP contribution in [-0.2, 0) is 28.3 Å². The number of carbonyl (C=O) groups excluding carboxylic acids is 1. The van der Waals surface area contributed by atoms with Gasteiger partial charge >= 0.3 is 0 Å². The summed E-state index contributed by atoms with van der Waals surface area (Å²) in [7, 11) is -0.467. The average molecular weight is 587 g/mol. The molecule has 1 N–H and O–H groups in total. The topological polar surface area (TPSA) is 88.4 Å². The number of carbonyl (C=O) groups is 1. The van der Waals surface area contributed by atoms with E-state index in [1.165, 1.54) is 11.1 Å². The van der Waals surface area contributed by atoms with E-state index in [0.29, 0.717) is 30.6 Å². The molecule has 7 nitrogen and oxygen atoms in total. The Balaban J connectivity index is 1.61. The van der Waals surface area contributed by atoms with E-state index in [0.717, 1.165) is 55.1 Å². The predicted molar refractivity (Wildman–Crippen MR) is 160 cm³/mol. The molecule has 2 aliphatic heterocycles. The van der Waals surface area contributed by atoms with Gasteiger partial charge in [-0.1, -0.05) is 36.7 Å². The van der Waals surface area contributed by atoms with Crippen molar-refractivity contribution in [2.75, 3.05) is 30.9 Å². The zero-order valence-corrected chi connectivity index (χ0v) is 24.8. The van der Waals surface area contributed by atoms with Gasteiger partial charge < -0.3 is 19.5 Å². The molecule has 1 fully saturated rings. The number of ether oxygens (including phenoxy) is 2. The van der Waals surface area contributed by atoms with Gasteiger partial charge in [0.2, 0.25) is 0 Å². The van der Waals surface area contributed by atoms with Crippen molar-refractivity contribution < 1.29 is 23.6 Å². The lowest BCUT2D eigenvalue weighted by Crippen LogP contribution is -2.43. The van der Waals surface area contributed by atoms with Gasteiger partial charge in [-0.2, -0.15) is 4.36 Å². The number of fused-ring (bicyclic) bond motifs is 3. The number of hydrogen-bond acceptors (Lipinski definition) is 6. The first-order valence-corrected chi connectivity index (χ1v) is 16.0. The number of hydrogen-bond donors (Lipinski definition) is 2. The van der Waals surface area contributed by atoms with Crippen LogP contribution in [0.15, 0.2) is 52.9 Å². The van der Waals surface area contributed by atoms with Crippen LogP contribution in [0.3, 0.4) is 0 Å². The first-order valence-electron chi connectivity index (χ1n) is 14.2. The Bertz CT molecular complexity index is 1340. The van der Waals surface area contributed by atoms with Gasteiger partial charge in [-0.25, -0.2) is 0 Å². The zero-order valence-electron chi connectivity index (χ0n) is 23.2. The second kappa shape index (κ2) is 13.1. The van der Waals surface area contributed by atoms with E-state index in [2.05, 4.69) is 21.4 Å². The lowest BCUT2D eigenvalue weighted by atomic mass is 9.70. The van der Waals surface area contributed by atoms with Gasteiger partial charge in [-0.05, 0) is 91.3 Å². The molecule has 3 aliphatic rings. The van der Waals surface area contributed by atoms with Crippen LogP contribution in [0.1, 0.15) is 54.1 Å². The molecule has 40 heavy (non-hydrogen) atoms. The van der Waals surface area contributed by atoms with E-state index in [1.54, 1.807) is 19.3 Å². The maximum Gasteiger partial charge on any atom is 0.284 e. The molecular weight excluding hydrogens is 548 g/mol. The van der Waals surface area contributed by atoms with Crippen LogP contribution in [-0.4, -0.2) is 53.4 Å². The Morgan fingerprint density at radius 1 is 1.12 bits per heavy atom. The fourth-order valence-corrected chi connectivity index (χ4v) is 7.26. The number of halogens is 1. The van der Waals surface area contributed by atoms with E-state index in [4.69, 9.17) is 21.1 Å². The predicted octanol–water partition coefficient (Wildman–Crippen LogP) is 5.47. The molecule has 0 saturated heterocycles. The van der Waals surface area contributed by atoms with Crippen molar-refractivity contribution in [3.05, 3.63) is 70.3 Å². The summed E-state index contributed by atoms with van der Waals surface area (Å²) < 4.78 is 29.0. The Morgan fingerprint density at radius 3 is 2.75 bits per heavy atom. The van der Waals surface area contributed by atoms with E-state index < -0.39 is 22.6 Å². The first kappa shape index (κ1) is 29.1. The molecule has 0 radical (unpaired) electrons. The average Bonchev–Trinajstić information content (AvgIpc) is 2.95. The molecule has 9 heteroatoms. The summed E-state index contributed by atoms with van der Waals surface area (Å²) >= 11 is 6.39. The van der Waals surface area contributed by atoms with Crippen LogP contribution in [0.5, 0.6) is 5.75 Å². The Kier molecular flexibility index (Phi) is 9.51. The number of methoxy groups -OCH3 is 1. The van der Waals surface area contributed by atoms with Crippen LogP contribution in [0.4, 0.5) is 5.69 Å². The molecule has 2 aromatic rings. The van der Waals surface area contributed by atoms with E-state index >= 15 is 0 Å². The zero-order chi connectivity index (χ0) is 28.2. The lowest BCUT2D eigenvalue weighted by molar-refractivity contribution is 0.0126. The van der Waals surface area contributed by atoms with Gasteiger partial charge in [0.1, 0.15) is 5.75 Å². The summed E-state index contributed by atoms with van der Waals surface area (Å²) in [5, 5.41) is 11.4. The summed E-state index contributed by atoms with van der Waals surface area (Å²) in [5.74, 6) is 0.662. The van der Waals surface area contributed by atoms with Crippen LogP contribution in [0, 0.1) is 17.8 Å². The molecule has 1 unspecified atom stereocenters. The molecular formula is C31H39ClN2O5S. The van der Waals surface area contributed by atoms with Gasteiger partial charge in [-0.3, -0.25) is 9.00 Å². The minimum Gasteiger partial charge on any atom is -0.491 e. The van der Waals surface area contributed by atoms with Crippen molar-refractivity contribution in [2.24, 2.45) is 22.1 Å². The Labute approximate surface area is 243 Å². The van der Waals surface area contributed by atoms with Crippen LogP contribution in [0.2, 0.25) is 5.02 Å². The largest absolute Gasteiger partial charge is 0.491 e. The number of nitrogens with zero attached hydrogens (tertiary/aromatic N) is 2. The summed E-state index contributed by atoms with van der Waals surface area (Å²) in [5.41, 5.74) is 3.65. The number of amides is 1. The summed E-state index contributed by atoms with van der Waals surface area (Å²) in [6.45, 7) is 3.78. The smallest absolute Gasteiger partial charge is 0.284 e. The van der Waals surface area contributed by atoms with Crippen molar-refractivity contribution in [2.45, 2.75) is 57.8 Å². The molecule has 2 bridgehead atoms. The number of rotatable bonds is 1. The molecule has 2 aromatic carbocycles. The van der Waals surface area contributed by atoms with E-state index in [9.17, 15) is 14.1 Å². The van der Waals surface area contributed by atoms with Crippen LogP contribution >= 0.6 is 11.6 Å². The van der Waals surface area contributed by atoms with Crippen LogP contribution < -0.4 is 9.64 Å². The van der Waals surface area contributed by atoms with Crippen molar-refractivity contribution >= 4 is 33.8 Å². The fraction of sp³-hybridized carbons (Fsp3) is 0.516. The number of aliphatic hydroxyl groups is 1. The summed E-state index contributed by atoms with van der Waals surface area (Å²) in [4.78, 5) is 15.5. The third-order valence-electron chi connectivity index (χ3n) is 8.53. The van der Waals surface area contributed by atoms with Crippen molar-refractivity contribution in [1.29, 1.82) is 0 Å². The van der Waals surface area contributed by atoms with Crippen molar-refractivity contribution in [3.63, 3.8) is 0 Å². The van der Waals surface area contributed by atoms with Crippen molar-refractivity contribution in [1.82, 2.24) is 0 Å². The third kappa shape index (κ3) is 6.73. The van der Waals surface area contributed by atoms with Crippen molar-refractivity contribution in [3.8, 4) is 5.75 Å². The number of benzene rings is 2. The standard InChI is InChI=1S/C31H39ClN2O5S/c1-20-19-40(37)33-31(36)22-8-12-30-27(16-22)34(18-24-7-10-26(24)29(38-2)13-11-28(20)35)17-23-6-9-25(32)15-21(23)5-3-4-14-39-30/h6,8-9,11-13,15-16,20,24,26,28-29,35,40H,3-5,7,10,14,17-19H2,1-2H3/b13-11+/t20-,24+,26-,28+,29+/m1/s1. The highest BCUT2D eigenvalue weighted by molar-refractivity contribution is 7.75. The van der Waals surface area contributed by atoms with Gasteiger partial charge in [0.25, 0.3) is 5.91 Å². The third-order valence-corrected chi connectivity index (χ3v) is 10.1. The molecule has 1 amide bonds. The monoisotopic (exact) mass is 586 g/mol. The molecule has 6 atom stereocenters. The molecule has 0 aromatic heterocycles. The second-order valence-electron chi connectivity index (χ2n) is 11.3. The fourth-order valence-electron chi connectivity index (χ4n) is 5.95. The molecule has 2 heterocycles. The molecule has 1 saturated carbocycles. The van der Waals surface area contributed by atoms with Crippen LogP contribution in [0.25, 0.3) is 0 Å². The highest BCUT2D eigenvalue weighted by Gasteiger charge is 2.38. The first-order chi connectivity index (χ1) is 19.3. The summed E-state index contributed by atoms with van der Waals surface area (Å²) in [6, 6.07) is 11.5. The summed E-state index contributed by atoms with van der Waals surface area (Å²) in [6.07, 6.45) is 7.66. The van der Waals surface area contributed by atoms with Gasteiger partial charge in [0.15, 0.2) is 0 Å². The van der Waals surface area contributed by atoms with E-state index in [-0.39, 0.29) is 17.8 Å². The highest BCUT2D eigenvalue weighted by Crippen LogP contribution is 2.42. The SMILES string of the molecule is CO[C@H]1/C=C/[C@H](O)[C@H](C)C/[SH](=O)=N\C(=O)c2ccc3c(c2)N(Cc2ccc(Cl)cc2CCCCO3)C[C@@H]2CC[C@H]21. The quantitative estimate of drug-likeness (QED) is 0.340. The molecule has 5 rings (SSSR count). The number of aryl methyl sites for hydroxylation is 1. The van der Waals surface area contributed by atoms with Gasteiger partial charge in [0.05, 0.1) is 24.5 Å². The highest BCUT2D eigenvalue weighted by atomic mass is 35.5. The maximum absolute atomic E-state index is 13.2. The number of thiol groups is 1. The number of aliphatic hydroxyl groups excluding tert-OH is 1. The number of anilines is 1.